The van der Waals surface area contributed by atoms with Crippen LogP contribution in [0.2, 0.25) is 0 Å². The van der Waals surface area contributed by atoms with E-state index in [1.807, 2.05) is 6.92 Å². The summed E-state index contributed by atoms with van der Waals surface area (Å²) in [6, 6.07) is 4.72. The molecule has 0 unspecified atom stereocenters. The smallest absolute Gasteiger partial charge is 0.418 e. The van der Waals surface area contributed by atoms with E-state index in [0.29, 0.717) is 47.5 Å². The Balaban J connectivity index is 1.49. The van der Waals surface area contributed by atoms with E-state index in [1.165, 1.54) is 19.3 Å². The number of anilines is 2. The van der Waals surface area contributed by atoms with Gasteiger partial charge in [-0.1, -0.05) is 0 Å². The summed E-state index contributed by atoms with van der Waals surface area (Å²) in [7, 11) is 1.45. The van der Waals surface area contributed by atoms with E-state index >= 15 is 4.39 Å². The molecule has 4 heterocycles. The van der Waals surface area contributed by atoms with Gasteiger partial charge in [0.05, 0.1) is 6.54 Å². The molecule has 0 bridgehead atoms. The van der Waals surface area contributed by atoms with E-state index in [4.69, 9.17) is 9.47 Å². The van der Waals surface area contributed by atoms with Gasteiger partial charge in [0.15, 0.2) is 0 Å². The molecule has 0 radical (unpaired) electrons. The fraction of sp³-hybridized carbons (Fsp3) is 0.348. The number of amides is 1. The van der Waals surface area contributed by atoms with Crippen LogP contribution in [0.25, 0.3) is 21.9 Å². The molecule has 1 aromatic carbocycles. The number of halogens is 2. The number of hydrogen-bond acceptors (Lipinski definition) is 7. The summed E-state index contributed by atoms with van der Waals surface area (Å²) in [6.07, 6.45) is 2.30. The third kappa shape index (κ3) is 3.91. The van der Waals surface area contributed by atoms with Crippen LogP contribution in [0.1, 0.15) is 12.0 Å². The molecule has 1 amide bonds. The number of pyridine rings is 2. The van der Waals surface area contributed by atoms with Crippen molar-refractivity contribution in [2.45, 2.75) is 19.2 Å². The Morgan fingerprint density at radius 2 is 2.03 bits per heavy atom. The molecule has 172 valence electrons. The SMILES string of the molecule is Cc1c(-c2cc3cc(N(C)C(=O)O[C@]4(F)CCNC4)ncc3cc2F)cnc2c1NCCO2. The summed E-state index contributed by atoms with van der Waals surface area (Å²) >= 11 is 0. The van der Waals surface area contributed by atoms with Crippen molar-refractivity contribution < 1.29 is 23.0 Å². The predicted octanol–water partition coefficient (Wildman–Crippen LogP) is 3.78. The Kier molecular flexibility index (Phi) is 5.24. The molecular formula is C23H23F2N5O3. The van der Waals surface area contributed by atoms with Gasteiger partial charge in [0.1, 0.15) is 23.9 Å². The second kappa shape index (κ2) is 8.11. The Bertz CT molecular complexity index is 1250. The van der Waals surface area contributed by atoms with Crippen molar-refractivity contribution >= 4 is 28.4 Å². The van der Waals surface area contributed by atoms with E-state index in [0.717, 1.165) is 16.2 Å². The lowest BCUT2D eigenvalue weighted by molar-refractivity contribution is -0.0747. The van der Waals surface area contributed by atoms with Crippen molar-refractivity contribution in [3.8, 4) is 17.0 Å². The van der Waals surface area contributed by atoms with E-state index in [1.54, 1.807) is 18.3 Å². The molecule has 0 spiro atoms. The van der Waals surface area contributed by atoms with Gasteiger partial charge in [0.2, 0.25) is 5.88 Å². The number of carbonyl (C=O) groups excluding carboxylic acids is 1. The average molecular weight is 455 g/mol. The van der Waals surface area contributed by atoms with Crippen molar-refractivity contribution in [2.24, 2.45) is 0 Å². The van der Waals surface area contributed by atoms with Crippen LogP contribution in [0.3, 0.4) is 0 Å². The third-order valence-corrected chi connectivity index (χ3v) is 5.98. The van der Waals surface area contributed by atoms with Gasteiger partial charge in [-0.2, -0.15) is 4.39 Å². The Morgan fingerprint density at radius 3 is 2.82 bits per heavy atom. The molecule has 2 aromatic heterocycles. The minimum atomic E-state index is -2.03. The zero-order chi connectivity index (χ0) is 23.2. The van der Waals surface area contributed by atoms with Crippen LogP contribution in [0, 0.1) is 12.7 Å². The molecule has 2 aliphatic rings. The molecule has 2 N–H and O–H groups in total. The summed E-state index contributed by atoms with van der Waals surface area (Å²) in [5.74, 6) is -1.69. The summed E-state index contributed by atoms with van der Waals surface area (Å²) < 4.78 is 40.2. The lowest BCUT2D eigenvalue weighted by atomic mass is 9.98. The van der Waals surface area contributed by atoms with Crippen LogP contribution in [0.5, 0.6) is 5.88 Å². The average Bonchev–Trinajstić information content (AvgIpc) is 3.24. The molecule has 0 saturated carbocycles. The highest BCUT2D eigenvalue weighted by atomic mass is 19.2. The highest BCUT2D eigenvalue weighted by molar-refractivity contribution is 5.93. The maximum Gasteiger partial charge on any atom is 0.418 e. The van der Waals surface area contributed by atoms with Gasteiger partial charge in [-0.25, -0.2) is 19.2 Å². The number of aromatic nitrogens is 2. The Labute approximate surface area is 188 Å². The van der Waals surface area contributed by atoms with Crippen LogP contribution >= 0.6 is 0 Å². The number of benzene rings is 1. The van der Waals surface area contributed by atoms with E-state index < -0.39 is 17.8 Å². The number of rotatable bonds is 3. The summed E-state index contributed by atoms with van der Waals surface area (Å²) in [4.78, 5) is 22.2. The molecule has 5 rings (SSSR count). The monoisotopic (exact) mass is 455 g/mol. The van der Waals surface area contributed by atoms with Crippen LogP contribution in [-0.4, -0.2) is 55.2 Å². The van der Waals surface area contributed by atoms with Crippen LogP contribution in [0.4, 0.5) is 25.1 Å². The lowest BCUT2D eigenvalue weighted by Crippen LogP contribution is -2.38. The molecule has 1 fully saturated rings. The summed E-state index contributed by atoms with van der Waals surface area (Å²) in [5, 5.41) is 7.31. The fourth-order valence-electron chi connectivity index (χ4n) is 4.08. The van der Waals surface area contributed by atoms with Crippen molar-refractivity contribution in [1.82, 2.24) is 15.3 Å². The minimum absolute atomic E-state index is 0.0472. The number of nitrogens with zero attached hydrogens (tertiary/aromatic N) is 3. The zero-order valence-corrected chi connectivity index (χ0v) is 18.2. The largest absolute Gasteiger partial charge is 0.474 e. The molecular weight excluding hydrogens is 432 g/mol. The minimum Gasteiger partial charge on any atom is -0.474 e. The molecule has 33 heavy (non-hydrogen) atoms. The second-order valence-corrected chi connectivity index (χ2v) is 8.21. The number of carbonyl (C=O) groups is 1. The number of ether oxygens (including phenoxy) is 2. The molecule has 1 atom stereocenters. The first-order valence-electron chi connectivity index (χ1n) is 10.7. The van der Waals surface area contributed by atoms with Crippen molar-refractivity contribution in [3.05, 3.63) is 42.0 Å². The number of nitrogens with one attached hydrogen (secondary N) is 2. The topological polar surface area (TPSA) is 88.6 Å². The highest BCUT2D eigenvalue weighted by Gasteiger charge is 2.38. The number of fused-ring (bicyclic) bond motifs is 2. The van der Waals surface area contributed by atoms with Gasteiger partial charge in [-0.15, -0.1) is 0 Å². The van der Waals surface area contributed by atoms with Gasteiger partial charge in [-0.3, -0.25) is 4.90 Å². The molecule has 0 aliphatic carbocycles. The van der Waals surface area contributed by atoms with E-state index in [9.17, 15) is 9.18 Å². The number of alkyl halides is 1. The summed E-state index contributed by atoms with van der Waals surface area (Å²) in [5.41, 5.74) is 2.57. The zero-order valence-electron chi connectivity index (χ0n) is 18.2. The standard InChI is InChI=1S/C23H23F2N5O3/c1-13-17(11-29-21-20(13)27-5-6-32-21)16-7-14-9-19(28-10-15(14)8-18(16)24)30(2)22(31)33-23(25)3-4-26-12-23/h7-11,26-27H,3-6,12H2,1-2H3/t23-/m1/s1. The van der Waals surface area contributed by atoms with Gasteiger partial charge in [0, 0.05) is 55.5 Å². The molecule has 8 nitrogen and oxygen atoms in total. The number of hydrogen-bond donors (Lipinski definition) is 2. The van der Waals surface area contributed by atoms with Crippen molar-refractivity contribution in [3.63, 3.8) is 0 Å². The normalized spacial score (nSPS) is 19.5. The Morgan fingerprint density at radius 1 is 1.18 bits per heavy atom. The van der Waals surface area contributed by atoms with Crippen LogP contribution in [-0.2, 0) is 4.74 Å². The first kappa shape index (κ1) is 21.3. The Hall–Kier alpha value is -3.53. The predicted molar refractivity (Wildman–Crippen MR) is 120 cm³/mol. The molecule has 2 aliphatic heterocycles. The van der Waals surface area contributed by atoms with Crippen LogP contribution < -0.4 is 20.3 Å². The maximum atomic E-state index is 15.0. The second-order valence-electron chi connectivity index (χ2n) is 8.21. The van der Waals surface area contributed by atoms with Crippen LogP contribution in [0.15, 0.2) is 30.6 Å². The third-order valence-electron chi connectivity index (χ3n) is 5.98. The highest BCUT2D eigenvalue weighted by Crippen LogP contribution is 2.37. The van der Waals surface area contributed by atoms with Crippen molar-refractivity contribution in [1.29, 1.82) is 0 Å². The lowest BCUT2D eigenvalue weighted by Gasteiger charge is -2.23. The molecule has 3 aromatic rings. The molecule has 10 heteroatoms. The first-order chi connectivity index (χ1) is 15.8. The van der Waals surface area contributed by atoms with Gasteiger partial charge in [-0.05, 0) is 36.1 Å². The first-order valence-corrected chi connectivity index (χ1v) is 10.7. The van der Waals surface area contributed by atoms with Gasteiger partial charge in [0.25, 0.3) is 5.85 Å². The maximum absolute atomic E-state index is 15.0. The molecule has 1 saturated heterocycles. The summed E-state index contributed by atoms with van der Waals surface area (Å²) in [6.45, 7) is 3.44. The van der Waals surface area contributed by atoms with E-state index in [2.05, 4.69) is 20.6 Å². The van der Waals surface area contributed by atoms with Gasteiger partial charge < -0.3 is 20.1 Å². The van der Waals surface area contributed by atoms with Gasteiger partial charge >= 0.3 is 6.09 Å². The van der Waals surface area contributed by atoms with Crippen molar-refractivity contribution in [2.75, 3.05) is 43.5 Å². The van der Waals surface area contributed by atoms with E-state index in [-0.39, 0.29) is 18.8 Å². The quantitative estimate of drug-likeness (QED) is 0.621. The fourth-order valence-corrected chi connectivity index (χ4v) is 4.08.